The van der Waals surface area contributed by atoms with Crippen LogP contribution in [0.5, 0.6) is 5.75 Å². The van der Waals surface area contributed by atoms with Gasteiger partial charge in [-0.2, -0.15) is 0 Å². The van der Waals surface area contributed by atoms with Crippen LogP contribution in [0.1, 0.15) is 26.3 Å². The third kappa shape index (κ3) is 2.72. The Morgan fingerprint density at radius 3 is 2.10 bits per heavy atom. The summed E-state index contributed by atoms with van der Waals surface area (Å²) in [6, 6.07) is 11.9. The second-order valence-electron chi connectivity index (χ2n) is 3.92. The molecule has 0 aliphatic heterocycles. The van der Waals surface area contributed by atoms with E-state index in [1.165, 1.54) is 36.4 Å². The van der Waals surface area contributed by atoms with Crippen LogP contribution in [0.25, 0.3) is 0 Å². The van der Waals surface area contributed by atoms with Crippen molar-refractivity contribution in [2.24, 2.45) is 0 Å². The molecule has 1 N–H and O–H groups in total. The molecule has 0 aliphatic rings. The number of carbonyl (C=O) groups is 3. The number of aromatic carboxylic acids is 1. The van der Waals surface area contributed by atoms with Crippen LogP contribution in [0.4, 0.5) is 0 Å². The molecule has 0 aromatic heterocycles. The molecule has 5 nitrogen and oxygen atoms in total. The molecule has 0 atom stereocenters. The number of hydrogen-bond donors (Lipinski definition) is 1. The standard InChI is InChI=1S/C15H10O5/c16-9-20-11-7-5-10(6-8-11)14(17)12-3-1-2-4-13(12)15(18)19/h1-9H,(H,18,19). The Labute approximate surface area is 114 Å². The van der Waals surface area contributed by atoms with Crippen molar-refractivity contribution in [3.63, 3.8) is 0 Å². The summed E-state index contributed by atoms with van der Waals surface area (Å²) in [5, 5.41) is 9.06. The van der Waals surface area contributed by atoms with Gasteiger partial charge in [0.05, 0.1) is 5.56 Å². The van der Waals surface area contributed by atoms with E-state index in [0.29, 0.717) is 11.3 Å². The van der Waals surface area contributed by atoms with Crippen LogP contribution in [0.3, 0.4) is 0 Å². The van der Waals surface area contributed by atoms with E-state index in [1.54, 1.807) is 12.1 Å². The molecule has 2 aromatic carbocycles. The normalized spacial score (nSPS) is 9.80. The van der Waals surface area contributed by atoms with Gasteiger partial charge in [-0.25, -0.2) is 4.79 Å². The van der Waals surface area contributed by atoms with E-state index in [1.807, 2.05) is 0 Å². The van der Waals surface area contributed by atoms with Crippen molar-refractivity contribution >= 4 is 18.2 Å². The highest BCUT2D eigenvalue weighted by atomic mass is 16.5. The minimum Gasteiger partial charge on any atom is -0.478 e. The summed E-state index contributed by atoms with van der Waals surface area (Å²) in [7, 11) is 0. The molecule has 0 saturated heterocycles. The fraction of sp³-hybridized carbons (Fsp3) is 0. The Balaban J connectivity index is 2.36. The second-order valence-corrected chi connectivity index (χ2v) is 3.92. The highest BCUT2D eigenvalue weighted by molar-refractivity contribution is 6.14. The molecule has 2 rings (SSSR count). The van der Waals surface area contributed by atoms with Gasteiger partial charge >= 0.3 is 5.97 Å². The van der Waals surface area contributed by atoms with E-state index >= 15 is 0 Å². The Hall–Kier alpha value is -2.95. The third-order valence-corrected chi connectivity index (χ3v) is 2.70. The van der Waals surface area contributed by atoms with Crippen LogP contribution in [-0.2, 0) is 4.79 Å². The highest BCUT2D eigenvalue weighted by Gasteiger charge is 2.17. The minimum atomic E-state index is -1.16. The fourth-order valence-corrected chi connectivity index (χ4v) is 1.76. The maximum absolute atomic E-state index is 12.3. The number of rotatable bonds is 5. The Bertz CT molecular complexity index is 658. The molecule has 0 aliphatic carbocycles. The number of ether oxygens (including phenoxy) is 1. The predicted octanol–water partition coefficient (Wildman–Crippen LogP) is 2.15. The quantitative estimate of drug-likeness (QED) is 0.665. The van der Waals surface area contributed by atoms with E-state index in [2.05, 4.69) is 4.74 Å². The molecule has 0 saturated carbocycles. The maximum Gasteiger partial charge on any atom is 0.336 e. The van der Waals surface area contributed by atoms with Gasteiger partial charge in [0.1, 0.15) is 5.75 Å². The lowest BCUT2D eigenvalue weighted by molar-refractivity contribution is -0.120. The summed E-state index contributed by atoms with van der Waals surface area (Å²) >= 11 is 0. The van der Waals surface area contributed by atoms with Gasteiger partial charge in [-0.1, -0.05) is 18.2 Å². The topological polar surface area (TPSA) is 80.7 Å². The Morgan fingerprint density at radius 1 is 0.950 bits per heavy atom. The minimum absolute atomic E-state index is 0.0503. The van der Waals surface area contributed by atoms with E-state index in [-0.39, 0.29) is 17.6 Å². The zero-order valence-electron chi connectivity index (χ0n) is 10.3. The zero-order chi connectivity index (χ0) is 14.5. The van der Waals surface area contributed by atoms with Crippen molar-refractivity contribution < 1.29 is 24.2 Å². The van der Waals surface area contributed by atoms with Crippen LogP contribution in [0.2, 0.25) is 0 Å². The molecule has 0 heterocycles. The smallest absolute Gasteiger partial charge is 0.336 e. The first-order valence-electron chi connectivity index (χ1n) is 5.71. The number of hydrogen-bond acceptors (Lipinski definition) is 4. The molecular formula is C15H10O5. The second kappa shape index (κ2) is 5.79. The number of benzene rings is 2. The molecule has 2 aromatic rings. The summed E-state index contributed by atoms with van der Waals surface area (Å²) in [4.78, 5) is 33.5. The fourth-order valence-electron chi connectivity index (χ4n) is 1.76. The summed E-state index contributed by atoms with van der Waals surface area (Å²) in [5.74, 6) is -1.25. The molecular weight excluding hydrogens is 260 g/mol. The average molecular weight is 270 g/mol. The van der Waals surface area contributed by atoms with Crippen molar-refractivity contribution in [2.45, 2.75) is 0 Å². The van der Waals surface area contributed by atoms with Crippen molar-refractivity contribution in [3.8, 4) is 5.75 Å². The van der Waals surface area contributed by atoms with Gasteiger partial charge in [0.15, 0.2) is 5.78 Å². The van der Waals surface area contributed by atoms with Crippen LogP contribution >= 0.6 is 0 Å². The van der Waals surface area contributed by atoms with Crippen molar-refractivity contribution in [3.05, 3.63) is 65.2 Å². The number of carboxylic acid groups (broad SMARTS) is 1. The SMILES string of the molecule is O=COc1ccc(C(=O)c2ccccc2C(=O)O)cc1. The van der Waals surface area contributed by atoms with Gasteiger partial charge in [0, 0.05) is 11.1 Å². The van der Waals surface area contributed by atoms with Gasteiger partial charge in [0.2, 0.25) is 0 Å². The van der Waals surface area contributed by atoms with Crippen molar-refractivity contribution in [1.29, 1.82) is 0 Å². The highest BCUT2D eigenvalue weighted by Crippen LogP contribution is 2.17. The first-order chi connectivity index (χ1) is 9.63. The first kappa shape index (κ1) is 13.5. The summed E-state index contributed by atoms with van der Waals surface area (Å²) in [6.07, 6.45) is 0. The molecule has 0 fully saturated rings. The van der Waals surface area contributed by atoms with Crippen LogP contribution < -0.4 is 4.74 Å². The molecule has 0 radical (unpaired) electrons. The lowest BCUT2D eigenvalue weighted by atomic mass is 9.98. The van der Waals surface area contributed by atoms with E-state index < -0.39 is 11.8 Å². The van der Waals surface area contributed by atoms with E-state index in [0.717, 1.165) is 0 Å². The third-order valence-electron chi connectivity index (χ3n) is 2.70. The van der Waals surface area contributed by atoms with Crippen LogP contribution in [0, 0.1) is 0 Å². The predicted molar refractivity (Wildman–Crippen MR) is 70.0 cm³/mol. The number of carboxylic acids is 1. The monoisotopic (exact) mass is 270 g/mol. The molecule has 0 spiro atoms. The number of ketones is 1. The average Bonchev–Trinajstić information content (AvgIpc) is 2.47. The Morgan fingerprint density at radius 2 is 1.55 bits per heavy atom. The van der Waals surface area contributed by atoms with Gasteiger partial charge in [-0.15, -0.1) is 0 Å². The lowest BCUT2D eigenvalue weighted by Gasteiger charge is -2.05. The van der Waals surface area contributed by atoms with Gasteiger partial charge in [0.25, 0.3) is 6.47 Å². The molecule has 0 amide bonds. The van der Waals surface area contributed by atoms with Crippen LogP contribution in [-0.4, -0.2) is 23.3 Å². The molecule has 100 valence electrons. The molecule has 20 heavy (non-hydrogen) atoms. The maximum atomic E-state index is 12.3. The summed E-state index contributed by atoms with van der Waals surface area (Å²) in [6.45, 7) is 0.288. The molecule has 0 bridgehead atoms. The zero-order valence-corrected chi connectivity index (χ0v) is 10.3. The largest absolute Gasteiger partial charge is 0.478 e. The van der Waals surface area contributed by atoms with E-state index in [9.17, 15) is 14.4 Å². The van der Waals surface area contributed by atoms with Gasteiger partial charge in [-0.05, 0) is 30.3 Å². The van der Waals surface area contributed by atoms with Gasteiger partial charge < -0.3 is 9.84 Å². The van der Waals surface area contributed by atoms with Crippen molar-refractivity contribution in [2.75, 3.05) is 0 Å². The van der Waals surface area contributed by atoms with Gasteiger partial charge in [-0.3, -0.25) is 9.59 Å². The van der Waals surface area contributed by atoms with Crippen molar-refractivity contribution in [1.82, 2.24) is 0 Å². The summed E-state index contributed by atoms with van der Waals surface area (Å²) < 4.78 is 4.62. The molecule has 0 unspecified atom stereocenters. The first-order valence-corrected chi connectivity index (χ1v) is 5.71. The molecule has 5 heteroatoms. The van der Waals surface area contributed by atoms with E-state index in [4.69, 9.17) is 5.11 Å². The lowest BCUT2D eigenvalue weighted by Crippen LogP contribution is -2.09. The number of carbonyl (C=O) groups excluding carboxylic acids is 2. The van der Waals surface area contributed by atoms with Crippen LogP contribution in [0.15, 0.2) is 48.5 Å². The Kier molecular flexibility index (Phi) is 3.91. The summed E-state index contributed by atoms with van der Waals surface area (Å²) in [5.41, 5.74) is 0.381.